The highest BCUT2D eigenvalue weighted by molar-refractivity contribution is 6.16. The summed E-state index contributed by atoms with van der Waals surface area (Å²) < 4.78 is 6.96. The summed E-state index contributed by atoms with van der Waals surface area (Å²) in [5.41, 5.74) is 3.14. The first-order valence-corrected chi connectivity index (χ1v) is 10.7. The normalized spacial score (nSPS) is 20.5. The van der Waals surface area contributed by atoms with Gasteiger partial charge in [-0.15, -0.1) is 0 Å². The molecule has 1 aliphatic heterocycles. The molecular weight excluding hydrogens is 412 g/mol. The fraction of sp³-hybridized carbons (Fsp3) is 0.435. The van der Waals surface area contributed by atoms with Crippen LogP contribution in [0.5, 0.6) is 0 Å². The van der Waals surface area contributed by atoms with Gasteiger partial charge in [-0.1, -0.05) is 0 Å². The summed E-state index contributed by atoms with van der Waals surface area (Å²) in [6.45, 7) is 3.83. The van der Waals surface area contributed by atoms with Crippen LogP contribution in [0.25, 0.3) is 0 Å². The lowest BCUT2D eigenvalue weighted by atomic mass is 9.90. The number of cyclic esters (lactones) is 1. The Morgan fingerprint density at radius 1 is 1.25 bits per heavy atom. The number of fused-ring (bicyclic) bond motifs is 1. The van der Waals surface area contributed by atoms with Crippen molar-refractivity contribution in [3.8, 4) is 0 Å². The number of carbonyl (C=O) groups excluding carboxylic acids is 4. The van der Waals surface area contributed by atoms with Gasteiger partial charge in [-0.2, -0.15) is 5.10 Å². The highest BCUT2D eigenvalue weighted by Crippen LogP contribution is 2.31. The molecule has 1 saturated heterocycles. The number of amides is 2. The van der Waals surface area contributed by atoms with Crippen LogP contribution in [0.2, 0.25) is 0 Å². The molecule has 1 N–H and O–H groups in total. The average Bonchev–Trinajstić information content (AvgIpc) is 3.24. The Morgan fingerprint density at radius 2 is 2.03 bits per heavy atom. The van der Waals surface area contributed by atoms with Crippen LogP contribution < -0.4 is 10.2 Å². The quantitative estimate of drug-likeness (QED) is 0.435. The Morgan fingerprint density at radius 3 is 2.72 bits per heavy atom. The summed E-state index contributed by atoms with van der Waals surface area (Å²) in [5, 5.41) is 6.90. The molecule has 0 bridgehead atoms. The maximum absolute atomic E-state index is 13.2. The van der Waals surface area contributed by atoms with E-state index >= 15 is 0 Å². The van der Waals surface area contributed by atoms with Crippen molar-refractivity contribution in [2.45, 2.75) is 39.2 Å². The minimum Gasteiger partial charge on any atom is -0.442 e. The molecule has 1 aliphatic carbocycles. The van der Waals surface area contributed by atoms with Gasteiger partial charge in [-0.05, 0) is 56.0 Å². The highest BCUT2D eigenvalue weighted by atomic mass is 16.6. The minimum absolute atomic E-state index is 0.187. The van der Waals surface area contributed by atoms with Crippen molar-refractivity contribution < 1.29 is 23.9 Å². The van der Waals surface area contributed by atoms with Crippen LogP contribution in [-0.2, 0) is 23.0 Å². The topological polar surface area (TPSA) is 111 Å². The number of Topliss-reactive ketones (excluding diaryl/α,β-unsaturated/α-hetero) is 2. The predicted octanol–water partition coefficient (Wildman–Crippen LogP) is 2.21. The SMILES string of the molecule is CC(=O)NC[C@H]1CN(c2ccc3c(c2)CCC[C@@H](C(=O)c2cc(C)n(C)n2)C3=O)C(=O)O1. The van der Waals surface area contributed by atoms with Crippen molar-refractivity contribution in [3.63, 3.8) is 0 Å². The predicted molar refractivity (Wildman–Crippen MR) is 116 cm³/mol. The van der Waals surface area contributed by atoms with Crippen LogP contribution in [0.1, 0.15) is 51.9 Å². The number of ether oxygens (including phenoxy) is 1. The van der Waals surface area contributed by atoms with E-state index in [-0.39, 0.29) is 24.0 Å². The summed E-state index contributed by atoms with van der Waals surface area (Å²) in [5.74, 6) is -1.40. The number of benzene rings is 1. The molecule has 4 rings (SSSR count). The first kappa shape index (κ1) is 21.7. The third-order valence-corrected chi connectivity index (χ3v) is 6.06. The molecule has 2 heterocycles. The zero-order chi connectivity index (χ0) is 23.0. The number of anilines is 1. The van der Waals surface area contributed by atoms with Gasteiger partial charge in [-0.25, -0.2) is 4.79 Å². The number of hydrogen-bond donors (Lipinski definition) is 1. The number of ketones is 2. The van der Waals surface area contributed by atoms with Crippen LogP contribution in [0.15, 0.2) is 24.3 Å². The molecule has 0 saturated carbocycles. The smallest absolute Gasteiger partial charge is 0.414 e. The molecule has 2 amide bonds. The van der Waals surface area contributed by atoms with Crippen LogP contribution in [0.3, 0.4) is 0 Å². The van der Waals surface area contributed by atoms with Crippen LogP contribution in [0, 0.1) is 12.8 Å². The van der Waals surface area contributed by atoms with Crippen LogP contribution >= 0.6 is 0 Å². The second kappa shape index (κ2) is 8.57. The van der Waals surface area contributed by atoms with Gasteiger partial charge >= 0.3 is 6.09 Å². The molecule has 1 aromatic heterocycles. The Labute approximate surface area is 185 Å². The molecule has 1 aromatic carbocycles. The second-order valence-corrected chi connectivity index (χ2v) is 8.36. The fourth-order valence-corrected chi connectivity index (χ4v) is 4.22. The van der Waals surface area contributed by atoms with Crippen molar-refractivity contribution in [2.75, 3.05) is 18.0 Å². The molecule has 9 nitrogen and oxygen atoms in total. The monoisotopic (exact) mass is 438 g/mol. The molecule has 2 aliphatic rings. The number of rotatable bonds is 5. The van der Waals surface area contributed by atoms with Gasteiger partial charge in [0.25, 0.3) is 0 Å². The van der Waals surface area contributed by atoms with Gasteiger partial charge in [0.05, 0.1) is 19.0 Å². The molecule has 0 unspecified atom stereocenters. The molecule has 0 spiro atoms. The van der Waals surface area contributed by atoms with Gasteiger partial charge in [0, 0.05) is 30.9 Å². The van der Waals surface area contributed by atoms with E-state index in [9.17, 15) is 19.2 Å². The maximum Gasteiger partial charge on any atom is 0.414 e. The second-order valence-electron chi connectivity index (χ2n) is 8.36. The Bertz CT molecular complexity index is 1090. The standard InChI is InChI=1S/C23H26N4O5/c1-13-9-20(25-26(13)3)22(30)19-6-4-5-15-10-16(7-8-18(15)21(19)29)27-12-17(32-23(27)31)11-24-14(2)28/h7-10,17,19H,4-6,11-12H2,1-3H3,(H,24,28)/t17-,19+/m0/s1. The van der Waals surface area contributed by atoms with Gasteiger partial charge in [-0.3, -0.25) is 24.0 Å². The van der Waals surface area contributed by atoms with E-state index in [1.165, 1.54) is 11.8 Å². The van der Waals surface area contributed by atoms with Gasteiger partial charge in [0.15, 0.2) is 11.6 Å². The molecule has 32 heavy (non-hydrogen) atoms. The first-order valence-electron chi connectivity index (χ1n) is 10.7. The summed E-state index contributed by atoms with van der Waals surface area (Å²) in [4.78, 5) is 51.2. The van der Waals surface area contributed by atoms with Gasteiger partial charge < -0.3 is 10.1 Å². The lowest BCUT2D eigenvalue weighted by Crippen LogP contribution is -2.33. The van der Waals surface area contributed by atoms with E-state index in [1.807, 2.05) is 13.0 Å². The first-order chi connectivity index (χ1) is 15.2. The third kappa shape index (κ3) is 4.15. The van der Waals surface area contributed by atoms with E-state index in [0.29, 0.717) is 42.8 Å². The summed E-state index contributed by atoms with van der Waals surface area (Å²) in [6, 6.07) is 6.93. The van der Waals surface area contributed by atoms with E-state index < -0.39 is 18.1 Å². The lowest BCUT2D eigenvalue weighted by molar-refractivity contribution is -0.119. The van der Waals surface area contributed by atoms with Crippen molar-refractivity contribution >= 4 is 29.3 Å². The van der Waals surface area contributed by atoms with Crippen LogP contribution in [0.4, 0.5) is 10.5 Å². The molecule has 9 heteroatoms. The Kier molecular flexibility index (Phi) is 5.82. The van der Waals surface area contributed by atoms with Crippen molar-refractivity contribution in [1.29, 1.82) is 0 Å². The highest BCUT2D eigenvalue weighted by Gasteiger charge is 2.35. The van der Waals surface area contributed by atoms with E-state index in [1.54, 1.807) is 29.9 Å². The van der Waals surface area contributed by atoms with Crippen molar-refractivity contribution in [3.05, 3.63) is 46.8 Å². The molecule has 168 valence electrons. The van der Waals surface area contributed by atoms with E-state index in [4.69, 9.17) is 4.74 Å². The summed E-state index contributed by atoms with van der Waals surface area (Å²) in [6.07, 6.45) is 0.856. The fourth-order valence-electron chi connectivity index (χ4n) is 4.22. The molecule has 2 atom stereocenters. The molecule has 1 fully saturated rings. The molecule has 2 aromatic rings. The van der Waals surface area contributed by atoms with Crippen LogP contribution in [-0.4, -0.2) is 52.5 Å². The number of nitrogens with zero attached hydrogens (tertiary/aromatic N) is 3. The number of aromatic nitrogens is 2. The average molecular weight is 438 g/mol. The van der Waals surface area contributed by atoms with Crippen molar-refractivity contribution in [2.24, 2.45) is 13.0 Å². The number of nitrogens with one attached hydrogen (secondary N) is 1. The number of hydrogen-bond acceptors (Lipinski definition) is 6. The van der Waals surface area contributed by atoms with E-state index in [0.717, 1.165) is 11.3 Å². The zero-order valence-corrected chi connectivity index (χ0v) is 18.4. The zero-order valence-electron chi connectivity index (χ0n) is 18.4. The molecule has 0 radical (unpaired) electrons. The molecular formula is C23H26N4O5. The minimum atomic E-state index is -0.754. The number of carbonyl (C=O) groups is 4. The maximum atomic E-state index is 13.2. The summed E-state index contributed by atoms with van der Waals surface area (Å²) >= 11 is 0. The lowest BCUT2D eigenvalue weighted by Gasteiger charge is -2.16. The van der Waals surface area contributed by atoms with Gasteiger partial charge in [0.1, 0.15) is 11.8 Å². The van der Waals surface area contributed by atoms with Gasteiger partial charge in [0.2, 0.25) is 5.91 Å². The largest absolute Gasteiger partial charge is 0.442 e. The summed E-state index contributed by atoms with van der Waals surface area (Å²) in [7, 11) is 1.77. The Hall–Kier alpha value is -3.49. The van der Waals surface area contributed by atoms with Crippen molar-refractivity contribution in [1.82, 2.24) is 15.1 Å². The number of aryl methyl sites for hydroxylation is 3. The Balaban J connectivity index is 1.54. The van der Waals surface area contributed by atoms with E-state index in [2.05, 4.69) is 10.4 Å². The third-order valence-electron chi connectivity index (χ3n) is 6.06.